The van der Waals surface area contributed by atoms with Gasteiger partial charge in [0.25, 0.3) is 5.91 Å². The summed E-state index contributed by atoms with van der Waals surface area (Å²) in [4.78, 5) is 11.8. The van der Waals surface area contributed by atoms with Crippen molar-refractivity contribution in [2.45, 2.75) is 32.6 Å². The summed E-state index contributed by atoms with van der Waals surface area (Å²) in [5.74, 6) is -0.0738. The van der Waals surface area contributed by atoms with Gasteiger partial charge in [0.15, 0.2) is 0 Å². The van der Waals surface area contributed by atoms with Gasteiger partial charge in [-0.1, -0.05) is 12.8 Å². The molecule has 5 heteroatoms. The summed E-state index contributed by atoms with van der Waals surface area (Å²) in [7, 11) is 1.77. The van der Waals surface area contributed by atoms with Crippen LogP contribution in [0.1, 0.15) is 41.9 Å². The fraction of sp³-hybridized carbons (Fsp3) is 0.667. The normalized spacial score (nSPS) is 10.5. The van der Waals surface area contributed by atoms with Crippen molar-refractivity contribution in [2.24, 2.45) is 7.05 Å². The molecule has 0 aromatic carbocycles. The van der Waals surface area contributed by atoms with E-state index >= 15 is 0 Å². The highest BCUT2D eigenvalue weighted by molar-refractivity contribution is 5.92. The molecule has 1 aromatic rings. The first-order chi connectivity index (χ1) is 8.15. The molecule has 0 spiro atoms. The molecule has 0 unspecified atom stereocenters. The largest absolute Gasteiger partial charge is 0.396 e. The van der Waals surface area contributed by atoms with E-state index in [4.69, 9.17) is 5.11 Å². The van der Waals surface area contributed by atoms with Gasteiger partial charge in [-0.15, -0.1) is 0 Å². The van der Waals surface area contributed by atoms with Crippen LogP contribution < -0.4 is 5.32 Å². The van der Waals surface area contributed by atoms with Crippen LogP contribution in [0.2, 0.25) is 0 Å². The van der Waals surface area contributed by atoms with Crippen molar-refractivity contribution in [3.63, 3.8) is 0 Å². The van der Waals surface area contributed by atoms with Gasteiger partial charge in [0.1, 0.15) is 5.69 Å². The number of aliphatic hydroxyl groups is 1. The summed E-state index contributed by atoms with van der Waals surface area (Å²) in [5.41, 5.74) is 1.44. The molecule has 0 atom stereocenters. The van der Waals surface area contributed by atoms with Crippen LogP contribution in [0.5, 0.6) is 0 Å². The van der Waals surface area contributed by atoms with Crippen molar-refractivity contribution in [1.29, 1.82) is 0 Å². The van der Waals surface area contributed by atoms with E-state index < -0.39 is 0 Å². The molecule has 0 aliphatic rings. The van der Waals surface area contributed by atoms with Crippen molar-refractivity contribution in [3.8, 4) is 0 Å². The lowest BCUT2D eigenvalue weighted by molar-refractivity contribution is 0.0943. The highest BCUT2D eigenvalue weighted by Crippen LogP contribution is 2.02. The molecule has 0 bridgehead atoms. The number of carbonyl (C=O) groups is 1. The van der Waals surface area contributed by atoms with E-state index in [2.05, 4.69) is 10.4 Å². The predicted octanol–water partition coefficient (Wildman–Crippen LogP) is 1.01. The molecule has 1 amide bonds. The number of nitrogens with one attached hydrogen (secondary N) is 1. The number of carbonyl (C=O) groups excluding carboxylic acids is 1. The van der Waals surface area contributed by atoms with Crippen molar-refractivity contribution in [3.05, 3.63) is 17.5 Å². The van der Waals surface area contributed by atoms with Gasteiger partial charge in [0, 0.05) is 20.2 Å². The second-order valence-electron chi connectivity index (χ2n) is 4.19. The number of amides is 1. The van der Waals surface area contributed by atoms with E-state index in [1.165, 1.54) is 0 Å². The molecule has 1 aromatic heterocycles. The van der Waals surface area contributed by atoms with Crippen molar-refractivity contribution in [2.75, 3.05) is 13.2 Å². The van der Waals surface area contributed by atoms with Gasteiger partial charge >= 0.3 is 0 Å². The fourth-order valence-corrected chi connectivity index (χ4v) is 1.71. The number of aliphatic hydroxyl groups excluding tert-OH is 1. The number of aromatic nitrogens is 2. The topological polar surface area (TPSA) is 67.2 Å². The van der Waals surface area contributed by atoms with Gasteiger partial charge in [-0.2, -0.15) is 5.10 Å². The van der Waals surface area contributed by atoms with Crippen LogP contribution in [0, 0.1) is 6.92 Å². The maximum absolute atomic E-state index is 11.8. The third kappa shape index (κ3) is 4.56. The van der Waals surface area contributed by atoms with Crippen LogP contribution in [-0.2, 0) is 7.05 Å². The van der Waals surface area contributed by atoms with E-state index in [9.17, 15) is 4.79 Å². The van der Waals surface area contributed by atoms with Crippen LogP contribution in [0.15, 0.2) is 6.07 Å². The van der Waals surface area contributed by atoms with Gasteiger partial charge in [0.05, 0.1) is 5.69 Å². The standard InChI is InChI=1S/C12H21N3O2/c1-10-9-11(15(2)14-10)12(17)13-7-5-3-4-6-8-16/h9,16H,3-8H2,1-2H3,(H,13,17). The Balaban J connectivity index is 2.23. The van der Waals surface area contributed by atoms with Gasteiger partial charge in [-0.3, -0.25) is 9.48 Å². The van der Waals surface area contributed by atoms with Crippen LogP contribution in [0.25, 0.3) is 0 Å². The molecule has 0 saturated heterocycles. The third-order valence-corrected chi connectivity index (χ3v) is 2.61. The van der Waals surface area contributed by atoms with Crippen molar-refractivity contribution >= 4 is 5.91 Å². The number of nitrogens with zero attached hydrogens (tertiary/aromatic N) is 2. The molecule has 96 valence electrons. The van der Waals surface area contributed by atoms with E-state index in [0.717, 1.165) is 31.4 Å². The maximum Gasteiger partial charge on any atom is 0.269 e. The summed E-state index contributed by atoms with van der Waals surface area (Å²) in [6.45, 7) is 2.79. The molecule has 0 radical (unpaired) electrons. The minimum atomic E-state index is -0.0738. The third-order valence-electron chi connectivity index (χ3n) is 2.61. The molecule has 5 nitrogen and oxygen atoms in total. The average Bonchev–Trinajstić information content (AvgIpc) is 2.62. The molecular weight excluding hydrogens is 218 g/mol. The zero-order valence-electron chi connectivity index (χ0n) is 10.6. The van der Waals surface area contributed by atoms with Crippen LogP contribution in [-0.4, -0.2) is 33.9 Å². The maximum atomic E-state index is 11.8. The Morgan fingerprint density at radius 1 is 1.41 bits per heavy atom. The van der Waals surface area contributed by atoms with E-state index in [1.54, 1.807) is 17.8 Å². The number of hydrogen-bond acceptors (Lipinski definition) is 3. The van der Waals surface area contributed by atoms with Gasteiger partial charge < -0.3 is 10.4 Å². The summed E-state index contributed by atoms with van der Waals surface area (Å²) in [5, 5.41) is 15.6. The first kappa shape index (κ1) is 13.7. The monoisotopic (exact) mass is 239 g/mol. The van der Waals surface area contributed by atoms with E-state index in [-0.39, 0.29) is 12.5 Å². The number of hydrogen-bond donors (Lipinski definition) is 2. The van der Waals surface area contributed by atoms with Crippen molar-refractivity contribution in [1.82, 2.24) is 15.1 Å². The van der Waals surface area contributed by atoms with Crippen LogP contribution >= 0.6 is 0 Å². The summed E-state index contributed by atoms with van der Waals surface area (Å²) in [6, 6.07) is 1.78. The lowest BCUT2D eigenvalue weighted by Crippen LogP contribution is -2.26. The zero-order chi connectivity index (χ0) is 12.7. The number of rotatable bonds is 7. The molecule has 1 rings (SSSR count). The lowest BCUT2D eigenvalue weighted by atomic mass is 10.2. The Bertz CT molecular complexity index is 361. The Labute approximate surface area is 102 Å². The van der Waals surface area contributed by atoms with Gasteiger partial charge in [-0.05, 0) is 25.8 Å². The molecular formula is C12H21N3O2. The Morgan fingerprint density at radius 2 is 2.12 bits per heavy atom. The highest BCUT2D eigenvalue weighted by atomic mass is 16.2. The fourth-order valence-electron chi connectivity index (χ4n) is 1.71. The molecule has 1 heterocycles. The van der Waals surface area contributed by atoms with Crippen LogP contribution in [0.3, 0.4) is 0 Å². The van der Waals surface area contributed by atoms with Crippen LogP contribution in [0.4, 0.5) is 0 Å². The Kier molecular flexibility index (Phi) is 5.69. The number of aryl methyl sites for hydroxylation is 2. The highest BCUT2D eigenvalue weighted by Gasteiger charge is 2.10. The quantitative estimate of drug-likeness (QED) is 0.698. The smallest absolute Gasteiger partial charge is 0.269 e. The van der Waals surface area contributed by atoms with E-state index in [1.807, 2.05) is 6.92 Å². The van der Waals surface area contributed by atoms with Gasteiger partial charge in [-0.25, -0.2) is 0 Å². The summed E-state index contributed by atoms with van der Waals surface area (Å²) >= 11 is 0. The predicted molar refractivity (Wildman–Crippen MR) is 65.8 cm³/mol. The zero-order valence-corrected chi connectivity index (χ0v) is 10.6. The van der Waals surface area contributed by atoms with Crippen molar-refractivity contribution < 1.29 is 9.90 Å². The average molecular weight is 239 g/mol. The molecule has 2 N–H and O–H groups in total. The molecule has 0 aliphatic carbocycles. The second kappa shape index (κ2) is 7.06. The lowest BCUT2D eigenvalue weighted by Gasteiger charge is -2.04. The number of unbranched alkanes of at least 4 members (excludes halogenated alkanes) is 3. The van der Waals surface area contributed by atoms with Gasteiger partial charge in [0.2, 0.25) is 0 Å². The summed E-state index contributed by atoms with van der Waals surface area (Å²) < 4.78 is 1.59. The Morgan fingerprint density at radius 3 is 2.71 bits per heavy atom. The Hall–Kier alpha value is -1.36. The first-order valence-electron chi connectivity index (χ1n) is 6.05. The molecule has 17 heavy (non-hydrogen) atoms. The molecule has 0 fully saturated rings. The second-order valence-corrected chi connectivity index (χ2v) is 4.19. The molecule has 0 aliphatic heterocycles. The minimum Gasteiger partial charge on any atom is -0.396 e. The SMILES string of the molecule is Cc1cc(C(=O)NCCCCCCO)n(C)n1. The summed E-state index contributed by atoms with van der Waals surface area (Å²) in [6.07, 6.45) is 3.83. The molecule has 0 saturated carbocycles. The van der Waals surface area contributed by atoms with E-state index in [0.29, 0.717) is 12.2 Å². The minimum absolute atomic E-state index is 0.0738. The first-order valence-corrected chi connectivity index (χ1v) is 6.05.